The molecule has 2 heterocycles. The summed E-state index contributed by atoms with van der Waals surface area (Å²) in [7, 11) is 0. The summed E-state index contributed by atoms with van der Waals surface area (Å²) in [6, 6.07) is 25.4. The van der Waals surface area contributed by atoms with Gasteiger partial charge in [0.2, 0.25) is 5.91 Å². The molecule has 2 aliphatic heterocycles. The molecule has 3 aromatic rings. The van der Waals surface area contributed by atoms with Gasteiger partial charge in [0.1, 0.15) is 11.2 Å². The minimum absolute atomic E-state index is 0. The zero-order valence-corrected chi connectivity index (χ0v) is 21.5. The maximum Gasteiger partial charge on any atom is 0.242 e. The van der Waals surface area contributed by atoms with Crippen LogP contribution >= 0.6 is 24.8 Å². The summed E-state index contributed by atoms with van der Waals surface area (Å²) in [5.41, 5.74) is 3.20. The summed E-state index contributed by atoms with van der Waals surface area (Å²) in [5, 5.41) is 0. The summed E-state index contributed by atoms with van der Waals surface area (Å²) < 4.78 is 14.2. The molecule has 186 valence electrons. The van der Waals surface area contributed by atoms with Gasteiger partial charge in [0.15, 0.2) is 0 Å². The van der Waals surface area contributed by atoms with Gasteiger partial charge in [0.25, 0.3) is 0 Å². The second-order valence-corrected chi connectivity index (χ2v) is 8.87. The lowest BCUT2D eigenvalue weighted by atomic mass is 9.72. The van der Waals surface area contributed by atoms with Crippen LogP contribution in [0.1, 0.15) is 24.5 Å². The first-order valence-corrected chi connectivity index (χ1v) is 11.8. The van der Waals surface area contributed by atoms with Gasteiger partial charge in [-0.15, -0.1) is 24.8 Å². The number of hydrogen-bond acceptors (Lipinski definition) is 3. The topological polar surface area (TPSA) is 26.8 Å². The fourth-order valence-corrected chi connectivity index (χ4v) is 5.47. The number of nitrogens with zero attached hydrogens (tertiary/aromatic N) is 3. The van der Waals surface area contributed by atoms with E-state index < -0.39 is 5.41 Å². The first-order valence-electron chi connectivity index (χ1n) is 11.8. The van der Waals surface area contributed by atoms with Crippen LogP contribution in [-0.4, -0.2) is 50.1 Å². The summed E-state index contributed by atoms with van der Waals surface area (Å²) in [4.78, 5) is 20.4. The Hall–Kier alpha value is -2.60. The minimum Gasteiger partial charge on any atom is -0.367 e. The molecular formula is C28H32Cl2FN3O. The third kappa shape index (κ3) is 4.77. The molecule has 5 rings (SSSR count). The maximum absolute atomic E-state index is 14.2. The number of hydrogen-bond donors (Lipinski definition) is 0. The molecule has 1 saturated heterocycles. The largest absolute Gasteiger partial charge is 0.367 e. The second-order valence-electron chi connectivity index (χ2n) is 8.87. The van der Waals surface area contributed by atoms with Crippen LogP contribution in [0.2, 0.25) is 0 Å². The van der Waals surface area contributed by atoms with Crippen LogP contribution < -0.4 is 9.80 Å². The minimum atomic E-state index is -0.670. The number of rotatable bonds is 6. The van der Waals surface area contributed by atoms with Crippen molar-refractivity contribution < 1.29 is 9.18 Å². The Balaban J connectivity index is 0.00000171. The molecule has 0 spiro atoms. The van der Waals surface area contributed by atoms with Crippen molar-refractivity contribution in [3.63, 3.8) is 0 Å². The Morgan fingerprint density at radius 3 is 2.06 bits per heavy atom. The first-order chi connectivity index (χ1) is 16.1. The van der Waals surface area contributed by atoms with Crippen LogP contribution in [0.15, 0.2) is 78.9 Å². The predicted molar refractivity (Wildman–Crippen MR) is 146 cm³/mol. The highest BCUT2D eigenvalue weighted by Gasteiger charge is 2.51. The van der Waals surface area contributed by atoms with Crippen LogP contribution in [0.25, 0.3) is 0 Å². The predicted octanol–water partition coefficient (Wildman–Crippen LogP) is 5.53. The van der Waals surface area contributed by atoms with E-state index in [9.17, 15) is 9.18 Å². The molecule has 7 heteroatoms. The highest BCUT2D eigenvalue weighted by Crippen LogP contribution is 2.48. The number of anilines is 2. The SMILES string of the molecule is CCN1C(=O)C(CCN2CCN(c3ccccc3F)CC2)(c2ccccc2)c2ccccc21.Cl.Cl. The summed E-state index contributed by atoms with van der Waals surface area (Å²) in [5.74, 6) is 0.00388. The number of carbonyl (C=O) groups excluding carboxylic acids is 1. The molecule has 2 aliphatic rings. The standard InChI is InChI=1S/C28H30FN3O.2ClH/c1-2-32-25-14-8-6-12-23(25)28(27(32)33,22-10-4-3-5-11-22)16-17-30-18-20-31(21-19-30)26-15-9-7-13-24(26)29;;/h3-15H,2,16-21H2,1H3;2*1H. The number of para-hydroxylation sites is 2. The van der Waals surface area contributed by atoms with E-state index in [1.807, 2.05) is 54.3 Å². The Morgan fingerprint density at radius 1 is 0.800 bits per heavy atom. The maximum atomic E-state index is 14.2. The van der Waals surface area contributed by atoms with E-state index in [1.165, 1.54) is 6.07 Å². The van der Waals surface area contributed by atoms with Crippen molar-refractivity contribution in [3.05, 3.63) is 95.8 Å². The first kappa shape index (κ1) is 27.0. The molecule has 1 unspecified atom stereocenters. The zero-order chi connectivity index (χ0) is 22.8. The van der Waals surface area contributed by atoms with Crippen molar-refractivity contribution in [2.24, 2.45) is 0 Å². The molecule has 0 bridgehead atoms. The smallest absolute Gasteiger partial charge is 0.242 e. The number of benzene rings is 3. The van der Waals surface area contributed by atoms with E-state index in [-0.39, 0.29) is 36.5 Å². The summed E-state index contributed by atoms with van der Waals surface area (Å²) >= 11 is 0. The molecule has 3 aromatic carbocycles. The molecule has 0 N–H and O–H groups in total. The quantitative estimate of drug-likeness (QED) is 0.431. The van der Waals surface area contributed by atoms with Crippen molar-refractivity contribution >= 4 is 42.1 Å². The lowest BCUT2D eigenvalue weighted by molar-refractivity contribution is -0.122. The molecule has 0 radical (unpaired) electrons. The highest BCUT2D eigenvalue weighted by molar-refractivity contribution is 6.10. The van der Waals surface area contributed by atoms with Crippen LogP contribution in [-0.2, 0) is 10.2 Å². The van der Waals surface area contributed by atoms with Crippen molar-refractivity contribution in [1.29, 1.82) is 0 Å². The number of likely N-dealkylation sites (N-methyl/N-ethyl adjacent to an activating group) is 1. The zero-order valence-electron chi connectivity index (χ0n) is 19.9. The molecule has 4 nitrogen and oxygen atoms in total. The third-order valence-corrected chi connectivity index (χ3v) is 7.22. The lowest BCUT2D eigenvalue weighted by Gasteiger charge is -2.38. The van der Waals surface area contributed by atoms with Crippen LogP contribution in [0, 0.1) is 5.82 Å². The van der Waals surface area contributed by atoms with Crippen LogP contribution in [0.5, 0.6) is 0 Å². The monoisotopic (exact) mass is 515 g/mol. The Bertz CT molecular complexity index is 1140. The van der Waals surface area contributed by atoms with Gasteiger partial charge < -0.3 is 9.80 Å². The Labute approximate surface area is 219 Å². The van der Waals surface area contributed by atoms with Gasteiger partial charge in [-0.2, -0.15) is 0 Å². The average Bonchev–Trinajstić information content (AvgIpc) is 3.11. The van der Waals surface area contributed by atoms with Gasteiger partial charge in [-0.3, -0.25) is 9.69 Å². The third-order valence-electron chi connectivity index (χ3n) is 7.22. The fraction of sp³-hybridized carbons (Fsp3) is 0.321. The van der Waals surface area contributed by atoms with E-state index in [0.717, 1.165) is 56.0 Å². The van der Waals surface area contributed by atoms with Crippen molar-refractivity contribution in [2.45, 2.75) is 18.8 Å². The molecular weight excluding hydrogens is 484 g/mol. The molecule has 35 heavy (non-hydrogen) atoms. The van der Waals surface area contributed by atoms with E-state index in [4.69, 9.17) is 0 Å². The molecule has 0 saturated carbocycles. The molecule has 1 amide bonds. The van der Waals surface area contributed by atoms with Crippen molar-refractivity contribution in [3.8, 4) is 0 Å². The van der Waals surface area contributed by atoms with Gasteiger partial charge in [0.05, 0.1) is 5.69 Å². The normalized spacial score (nSPS) is 19.7. The van der Waals surface area contributed by atoms with Gasteiger partial charge in [-0.1, -0.05) is 60.7 Å². The average molecular weight is 516 g/mol. The molecule has 1 fully saturated rings. The molecule has 1 atom stereocenters. The number of fused-ring (bicyclic) bond motifs is 1. The number of piperazine rings is 1. The van der Waals surface area contributed by atoms with E-state index in [2.05, 4.69) is 34.1 Å². The number of amides is 1. The number of carbonyl (C=O) groups is 1. The van der Waals surface area contributed by atoms with Gasteiger partial charge >= 0.3 is 0 Å². The van der Waals surface area contributed by atoms with Gasteiger partial charge in [-0.05, 0) is 49.2 Å². The van der Waals surface area contributed by atoms with Crippen LogP contribution in [0.4, 0.5) is 15.8 Å². The second kappa shape index (κ2) is 11.4. The Kier molecular flexibility index (Phi) is 8.81. The van der Waals surface area contributed by atoms with Crippen LogP contribution in [0.3, 0.4) is 0 Å². The highest BCUT2D eigenvalue weighted by atomic mass is 35.5. The number of halogens is 3. The fourth-order valence-electron chi connectivity index (χ4n) is 5.47. The van der Waals surface area contributed by atoms with Gasteiger partial charge in [-0.25, -0.2) is 4.39 Å². The van der Waals surface area contributed by atoms with E-state index in [0.29, 0.717) is 12.2 Å². The molecule has 0 aromatic heterocycles. The van der Waals surface area contributed by atoms with Crippen molar-refractivity contribution in [1.82, 2.24) is 4.90 Å². The van der Waals surface area contributed by atoms with E-state index >= 15 is 0 Å². The van der Waals surface area contributed by atoms with Crippen molar-refractivity contribution in [2.75, 3.05) is 49.1 Å². The molecule has 0 aliphatic carbocycles. The lowest BCUT2D eigenvalue weighted by Crippen LogP contribution is -2.49. The summed E-state index contributed by atoms with van der Waals surface area (Å²) in [6.45, 7) is 6.79. The van der Waals surface area contributed by atoms with Gasteiger partial charge in [0, 0.05) is 38.4 Å². The van der Waals surface area contributed by atoms with E-state index in [1.54, 1.807) is 6.07 Å². The Morgan fingerprint density at radius 2 is 1.40 bits per heavy atom. The summed E-state index contributed by atoms with van der Waals surface area (Å²) in [6.07, 6.45) is 0.725.